The summed E-state index contributed by atoms with van der Waals surface area (Å²) in [4.78, 5) is 12.0. The summed E-state index contributed by atoms with van der Waals surface area (Å²) in [6, 6.07) is 11.3. The first-order valence-electron chi connectivity index (χ1n) is 6.66. The molecule has 2 aromatic rings. The van der Waals surface area contributed by atoms with Crippen molar-refractivity contribution in [1.82, 2.24) is 0 Å². The van der Waals surface area contributed by atoms with Crippen molar-refractivity contribution in [1.29, 1.82) is 0 Å². The summed E-state index contributed by atoms with van der Waals surface area (Å²) in [7, 11) is 0. The molecule has 0 fully saturated rings. The summed E-state index contributed by atoms with van der Waals surface area (Å²) in [6.45, 7) is 0. The molecule has 1 unspecified atom stereocenters. The quantitative estimate of drug-likeness (QED) is 0.827. The molecule has 102 valence electrons. The second-order valence-corrected chi connectivity index (χ2v) is 5.30. The molecule has 0 saturated carbocycles. The molecule has 0 saturated heterocycles. The Balaban J connectivity index is 1.64. The van der Waals surface area contributed by atoms with Crippen molar-refractivity contribution >= 4 is 5.78 Å². The molecule has 0 heterocycles. The van der Waals surface area contributed by atoms with Gasteiger partial charge in [-0.1, -0.05) is 24.3 Å². The van der Waals surface area contributed by atoms with Crippen molar-refractivity contribution in [2.45, 2.75) is 25.2 Å². The minimum atomic E-state index is -0.637. The molecule has 0 amide bonds. The van der Waals surface area contributed by atoms with Gasteiger partial charge in [-0.3, -0.25) is 4.79 Å². The van der Waals surface area contributed by atoms with Crippen molar-refractivity contribution in [3.8, 4) is 0 Å². The Morgan fingerprint density at radius 1 is 1.10 bits per heavy atom. The van der Waals surface area contributed by atoms with Crippen LogP contribution in [0.25, 0.3) is 0 Å². The zero-order valence-electron chi connectivity index (χ0n) is 10.9. The fourth-order valence-corrected chi connectivity index (χ4v) is 2.83. The first kappa shape index (κ1) is 13.0. The topological polar surface area (TPSA) is 17.1 Å². The molecule has 3 heteroatoms. The van der Waals surface area contributed by atoms with E-state index < -0.39 is 11.6 Å². The third-order valence-corrected chi connectivity index (χ3v) is 3.76. The minimum absolute atomic E-state index is 0.0227. The number of carbonyl (C=O) groups excluding carboxylic acids is 1. The van der Waals surface area contributed by atoms with E-state index in [-0.39, 0.29) is 18.1 Å². The van der Waals surface area contributed by atoms with E-state index in [1.165, 1.54) is 23.3 Å². The van der Waals surface area contributed by atoms with Crippen LogP contribution >= 0.6 is 0 Å². The van der Waals surface area contributed by atoms with Gasteiger partial charge in [-0.25, -0.2) is 8.78 Å². The van der Waals surface area contributed by atoms with Crippen molar-refractivity contribution in [3.05, 3.63) is 70.8 Å². The van der Waals surface area contributed by atoms with Crippen LogP contribution < -0.4 is 0 Å². The van der Waals surface area contributed by atoms with Gasteiger partial charge in [0.25, 0.3) is 0 Å². The summed E-state index contributed by atoms with van der Waals surface area (Å²) in [5.74, 6) is -0.991. The summed E-state index contributed by atoms with van der Waals surface area (Å²) >= 11 is 0. The summed E-state index contributed by atoms with van der Waals surface area (Å²) in [5, 5.41) is 0. The highest BCUT2D eigenvalue weighted by Gasteiger charge is 2.27. The number of hydrogen-bond acceptors (Lipinski definition) is 1. The van der Waals surface area contributed by atoms with Crippen LogP contribution in [0.1, 0.15) is 29.0 Å². The van der Waals surface area contributed by atoms with Crippen LogP contribution in [-0.4, -0.2) is 5.78 Å². The molecule has 2 aromatic carbocycles. The largest absolute Gasteiger partial charge is 0.299 e. The number of ketones is 1. The Hall–Kier alpha value is -2.03. The lowest BCUT2D eigenvalue weighted by Gasteiger charge is -2.29. The summed E-state index contributed by atoms with van der Waals surface area (Å²) in [5.41, 5.74) is 2.92. The number of hydrogen-bond donors (Lipinski definition) is 0. The van der Waals surface area contributed by atoms with Gasteiger partial charge in [-0.05, 0) is 41.2 Å². The molecule has 20 heavy (non-hydrogen) atoms. The molecular weight excluding hydrogens is 258 g/mol. The van der Waals surface area contributed by atoms with Gasteiger partial charge in [0, 0.05) is 18.9 Å². The Morgan fingerprint density at radius 3 is 2.50 bits per heavy atom. The van der Waals surface area contributed by atoms with Crippen LogP contribution in [0.5, 0.6) is 0 Å². The molecule has 0 N–H and O–H groups in total. The maximum Gasteiger partial charge on any atom is 0.137 e. The van der Waals surface area contributed by atoms with Gasteiger partial charge in [0.2, 0.25) is 0 Å². The SMILES string of the molecule is O=C(Cc1cc(F)cc(F)c1)CC1Cc2ccccc21. The Bertz CT molecular complexity index is 644. The van der Waals surface area contributed by atoms with E-state index in [1.807, 2.05) is 18.2 Å². The third kappa shape index (κ3) is 2.62. The fourth-order valence-electron chi connectivity index (χ4n) is 2.83. The van der Waals surface area contributed by atoms with Crippen molar-refractivity contribution in [2.75, 3.05) is 0 Å². The molecule has 0 aliphatic heterocycles. The predicted octanol–water partition coefficient (Wildman–Crippen LogP) is 3.81. The molecule has 1 aliphatic carbocycles. The Kier molecular flexibility index (Phi) is 3.35. The Labute approximate surface area is 116 Å². The summed E-state index contributed by atoms with van der Waals surface area (Å²) in [6.07, 6.45) is 1.45. The van der Waals surface area contributed by atoms with Crippen molar-refractivity contribution in [3.63, 3.8) is 0 Å². The highest BCUT2D eigenvalue weighted by Crippen LogP contribution is 2.37. The second-order valence-electron chi connectivity index (χ2n) is 5.30. The lowest BCUT2D eigenvalue weighted by molar-refractivity contribution is -0.118. The molecule has 3 rings (SSSR count). The normalized spacial score (nSPS) is 16.4. The van der Waals surface area contributed by atoms with Gasteiger partial charge < -0.3 is 0 Å². The van der Waals surface area contributed by atoms with Gasteiger partial charge in [-0.2, -0.15) is 0 Å². The highest BCUT2D eigenvalue weighted by atomic mass is 19.1. The second kappa shape index (κ2) is 5.16. The maximum atomic E-state index is 13.1. The first-order valence-corrected chi connectivity index (χ1v) is 6.66. The lowest BCUT2D eigenvalue weighted by atomic mass is 9.75. The number of Topliss-reactive ketones (excluding diaryl/α,β-unsaturated/α-hetero) is 1. The monoisotopic (exact) mass is 272 g/mol. The molecule has 1 atom stereocenters. The van der Waals surface area contributed by atoms with E-state index >= 15 is 0 Å². The van der Waals surface area contributed by atoms with E-state index in [1.54, 1.807) is 0 Å². The minimum Gasteiger partial charge on any atom is -0.299 e. The van der Waals surface area contributed by atoms with Gasteiger partial charge in [0.05, 0.1) is 0 Å². The number of halogens is 2. The van der Waals surface area contributed by atoms with E-state index in [0.717, 1.165) is 12.5 Å². The van der Waals surface area contributed by atoms with Crippen LogP contribution in [0.15, 0.2) is 42.5 Å². The molecule has 1 aliphatic rings. The summed E-state index contributed by atoms with van der Waals surface area (Å²) < 4.78 is 26.1. The Morgan fingerprint density at radius 2 is 1.80 bits per heavy atom. The van der Waals surface area contributed by atoms with Gasteiger partial charge >= 0.3 is 0 Å². The number of fused-ring (bicyclic) bond motifs is 1. The average molecular weight is 272 g/mol. The van der Waals surface area contributed by atoms with Crippen LogP contribution in [-0.2, 0) is 17.6 Å². The number of rotatable bonds is 4. The molecule has 0 bridgehead atoms. The van der Waals surface area contributed by atoms with Crippen LogP contribution in [0.4, 0.5) is 8.78 Å². The van der Waals surface area contributed by atoms with Gasteiger partial charge in [0.15, 0.2) is 0 Å². The van der Waals surface area contributed by atoms with Crippen LogP contribution in [0.2, 0.25) is 0 Å². The molecule has 1 nitrogen and oxygen atoms in total. The van der Waals surface area contributed by atoms with Crippen LogP contribution in [0, 0.1) is 11.6 Å². The zero-order valence-corrected chi connectivity index (χ0v) is 10.9. The van der Waals surface area contributed by atoms with E-state index in [4.69, 9.17) is 0 Å². The number of carbonyl (C=O) groups is 1. The van der Waals surface area contributed by atoms with Crippen LogP contribution in [0.3, 0.4) is 0 Å². The van der Waals surface area contributed by atoms with Crippen molar-refractivity contribution in [2.24, 2.45) is 0 Å². The first-order chi connectivity index (χ1) is 9.61. The smallest absolute Gasteiger partial charge is 0.137 e. The standard InChI is InChI=1S/C17H14F2O/c18-14-5-11(6-15(19)10-14)7-16(20)9-13-8-12-3-1-2-4-17(12)13/h1-6,10,13H,7-9H2. The van der Waals surface area contributed by atoms with E-state index in [0.29, 0.717) is 12.0 Å². The lowest BCUT2D eigenvalue weighted by Crippen LogP contribution is -2.20. The molecule has 0 spiro atoms. The zero-order chi connectivity index (χ0) is 14.1. The van der Waals surface area contributed by atoms with Crippen molar-refractivity contribution < 1.29 is 13.6 Å². The molecule has 0 aromatic heterocycles. The van der Waals surface area contributed by atoms with E-state index in [9.17, 15) is 13.6 Å². The predicted molar refractivity (Wildman–Crippen MR) is 72.6 cm³/mol. The highest BCUT2D eigenvalue weighted by molar-refractivity contribution is 5.82. The number of benzene rings is 2. The molecular formula is C17H14F2O. The third-order valence-electron chi connectivity index (χ3n) is 3.76. The van der Waals surface area contributed by atoms with Gasteiger partial charge in [0.1, 0.15) is 17.4 Å². The van der Waals surface area contributed by atoms with Gasteiger partial charge in [-0.15, -0.1) is 0 Å². The maximum absolute atomic E-state index is 13.1. The van der Waals surface area contributed by atoms with E-state index in [2.05, 4.69) is 6.07 Å². The average Bonchev–Trinajstić information content (AvgIpc) is 2.34. The fraction of sp³-hybridized carbons (Fsp3) is 0.235. The molecule has 0 radical (unpaired) electrons.